The highest BCUT2D eigenvalue weighted by atomic mass is 35.5. The predicted molar refractivity (Wildman–Crippen MR) is 127 cm³/mol. The minimum absolute atomic E-state index is 0.0127. The van der Waals surface area contributed by atoms with Crippen molar-refractivity contribution in [3.8, 4) is 5.75 Å². The standard InChI is InChI=1S/C24H16ClF3N4O4/c25-19-11-14(4-7-22(19)33)23(34)30-29-12-15-2-1-3-21-18(15)8-9-31(21)13-16-10-17(24(26,27)28)5-6-20(16)32(35)36/h1-12,33H,13H2,(H,30,34). The van der Waals surface area contributed by atoms with Crippen molar-refractivity contribution in [1.82, 2.24) is 9.99 Å². The summed E-state index contributed by atoms with van der Waals surface area (Å²) in [5.74, 6) is -0.724. The molecule has 4 rings (SSSR count). The number of hydrogen-bond acceptors (Lipinski definition) is 5. The Morgan fingerprint density at radius 3 is 2.64 bits per heavy atom. The number of carbonyl (C=O) groups is 1. The molecular weight excluding hydrogens is 501 g/mol. The van der Waals surface area contributed by atoms with E-state index < -0.39 is 28.3 Å². The first-order valence-corrected chi connectivity index (χ1v) is 10.7. The Balaban J connectivity index is 1.59. The molecule has 1 heterocycles. The lowest BCUT2D eigenvalue weighted by Gasteiger charge is -2.11. The number of nitrogens with one attached hydrogen (secondary N) is 1. The Bertz CT molecular complexity index is 1520. The van der Waals surface area contributed by atoms with E-state index in [4.69, 9.17) is 11.6 Å². The van der Waals surface area contributed by atoms with E-state index in [9.17, 15) is 33.2 Å². The van der Waals surface area contributed by atoms with Crippen LogP contribution in [0.15, 0.2) is 72.0 Å². The number of halogens is 4. The van der Waals surface area contributed by atoms with Gasteiger partial charge in [-0.05, 0) is 42.5 Å². The average Bonchev–Trinajstić information content (AvgIpc) is 3.23. The highest BCUT2D eigenvalue weighted by molar-refractivity contribution is 6.32. The summed E-state index contributed by atoms with van der Waals surface area (Å²) in [6, 6.07) is 13.1. The van der Waals surface area contributed by atoms with Crippen molar-refractivity contribution in [3.63, 3.8) is 0 Å². The van der Waals surface area contributed by atoms with Crippen molar-refractivity contribution >= 4 is 40.3 Å². The van der Waals surface area contributed by atoms with Crippen LogP contribution in [0.1, 0.15) is 27.0 Å². The van der Waals surface area contributed by atoms with Gasteiger partial charge in [-0.3, -0.25) is 14.9 Å². The summed E-state index contributed by atoms with van der Waals surface area (Å²) in [6.45, 7) is -0.164. The zero-order valence-corrected chi connectivity index (χ0v) is 18.9. The van der Waals surface area contributed by atoms with Crippen molar-refractivity contribution in [2.24, 2.45) is 5.10 Å². The van der Waals surface area contributed by atoms with E-state index >= 15 is 0 Å². The molecule has 0 aliphatic rings. The van der Waals surface area contributed by atoms with Gasteiger partial charge in [0.05, 0.1) is 33.8 Å². The van der Waals surface area contributed by atoms with Gasteiger partial charge in [-0.2, -0.15) is 18.3 Å². The molecule has 8 nitrogen and oxygen atoms in total. The molecule has 0 saturated heterocycles. The molecule has 184 valence electrons. The number of carbonyl (C=O) groups excluding carboxylic acids is 1. The van der Waals surface area contributed by atoms with Crippen LogP contribution in [0.4, 0.5) is 18.9 Å². The van der Waals surface area contributed by atoms with Crippen molar-refractivity contribution in [2.45, 2.75) is 12.7 Å². The molecular formula is C24H16ClF3N4O4. The lowest BCUT2D eigenvalue weighted by molar-refractivity contribution is -0.385. The molecule has 0 aliphatic heterocycles. The molecule has 0 unspecified atom stereocenters. The number of hydrogen-bond donors (Lipinski definition) is 2. The number of rotatable bonds is 6. The number of hydrazone groups is 1. The molecule has 0 bridgehead atoms. The summed E-state index contributed by atoms with van der Waals surface area (Å²) >= 11 is 5.81. The topological polar surface area (TPSA) is 110 Å². The monoisotopic (exact) mass is 516 g/mol. The molecule has 2 N–H and O–H groups in total. The van der Waals surface area contributed by atoms with Crippen LogP contribution in [0, 0.1) is 10.1 Å². The molecule has 0 spiro atoms. The van der Waals surface area contributed by atoms with Crippen LogP contribution in [-0.4, -0.2) is 26.7 Å². The Kier molecular flexibility index (Phi) is 6.67. The molecule has 36 heavy (non-hydrogen) atoms. The second-order valence-corrected chi connectivity index (χ2v) is 8.09. The molecule has 0 radical (unpaired) electrons. The number of phenolic OH excluding ortho intramolecular Hbond substituents is 1. The SMILES string of the molecule is O=C(NN=Cc1cccc2c1ccn2Cc1cc(C(F)(F)F)ccc1[N+](=O)[O-])c1ccc(O)c(Cl)c1. The number of aromatic hydroxyl groups is 1. The van der Waals surface area contributed by atoms with Crippen LogP contribution in [0.3, 0.4) is 0 Å². The van der Waals surface area contributed by atoms with Crippen molar-refractivity contribution in [3.05, 3.63) is 104 Å². The fourth-order valence-corrected chi connectivity index (χ4v) is 3.80. The van der Waals surface area contributed by atoms with Crippen LogP contribution < -0.4 is 5.43 Å². The minimum atomic E-state index is -4.64. The van der Waals surface area contributed by atoms with Gasteiger partial charge in [0, 0.05) is 34.3 Å². The summed E-state index contributed by atoms with van der Waals surface area (Å²) < 4.78 is 41.1. The summed E-state index contributed by atoms with van der Waals surface area (Å²) in [7, 11) is 0. The summed E-state index contributed by atoms with van der Waals surface area (Å²) in [4.78, 5) is 22.9. The minimum Gasteiger partial charge on any atom is -0.506 e. The van der Waals surface area contributed by atoms with Gasteiger partial charge >= 0.3 is 6.18 Å². The van der Waals surface area contributed by atoms with E-state index in [-0.39, 0.29) is 28.4 Å². The van der Waals surface area contributed by atoms with Gasteiger partial charge in [-0.15, -0.1) is 0 Å². The molecule has 1 amide bonds. The Morgan fingerprint density at radius 1 is 1.17 bits per heavy atom. The third-order valence-corrected chi connectivity index (χ3v) is 5.67. The molecule has 0 atom stereocenters. The Hall–Kier alpha value is -4.38. The van der Waals surface area contributed by atoms with Gasteiger partial charge in [-0.25, -0.2) is 5.43 Å². The normalized spacial score (nSPS) is 11.8. The summed E-state index contributed by atoms with van der Waals surface area (Å²) in [5.41, 5.74) is 2.24. The molecule has 0 saturated carbocycles. The first-order chi connectivity index (χ1) is 17.0. The number of nitrogens with zero attached hydrogens (tertiary/aromatic N) is 3. The number of amides is 1. The number of nitro groups is 1. The third kappa shape index (κ3) is 5.15. The van der Waals surface area contributed by atoms with E-state index in [1.807, 2.05) is 0 Å². The third-order valence-electron chi connectivity index (χ3n) is 5.37. The quantitative estimate of drug-likeness (QED) is 0.193. The van der Waals surface area contributed by atoms with Crippen LogP contribution in [0.5, 0.6) is 5.75 Å². The number of fused-ring (bicyclic) bond motifs is 1. The molecule has 12 heteroatoms. The van der Waals surface area contributed by atoms with Gasteiger partial charge in [-0.1, -0.05) is 23.7 Å². The predicted octanol–water partition coefficient (Wildman–Crippen LogP) is 5.74. The first-order valence-electron chi connectivity index (χ1n) is 10.3. The zero-order chi connectivity index (χ0) is 26.0. The Morgan fingerprint density at radius 2 is 1.94 bits per heavy atom. The van der Waals surface area contributed by atoms with Crippen LogP contribution >= 0.6 is 11.6 Å². The fraction of sp³-hybridized carbons (Fsp3) is 0.0833. The molecule has 0 aliphatic carbocycles. The maximum atomic E-state index is 13.2. The number of aromatic nitrogens is 1. The molecule has 3 aromatic carbocycles. The van der Waals surface area contributed by atoms with Crippen LogP contribution in [0.25, 0.3) is 10.9 Å². The average molecular weight is 517 g/mol. The van der Waals surface area contributed by atoms with Gasteiger partial charge in [0.15, 0.2) is 0 Å². The van der Waals surface area contributed by atoms with Gasteiger partial charge in [0.25, 0.3) is 11.6 Å². The maximum Gasteiger partial charge on any atom is 0.416 e. The Labute approximate surface area is 206 Å². The number of alkyl halides is 3. The number of phenols is 1. The highest BCUT2D eigenvalue weighted by Crippen LogP contribution is 2.33. The van der Waals surface area contributed by atoms with Crippen molar-refractivity contribution in [2.75, 3.05) is 0 Å². The van der Waals surface area contributed by atoms with Gasteiger partial charge < -0.3 is 9.67 Å². The van der Waals surface area contributed by atoms with Crippen LogP contribution in [-0.2, 0) is 12.7 Å². The van der Waals surface area contributed by atoms with Crippen molar-refractivity contribution < 1.29 is 28.0 Å². The largest absolute Gasteiger partial charge is 0.506 e. The molecule has 1 aromatic heterocycles. The van der Waals surface area contributed by atoms with E-state index in [0.29, 0.717) is 22.5 Å². The molecule has 4 aromatic rings. The fourth-order valence-electron chi connectivity index (χ4n) is 3.62. The van der Waals surface area contributed by atoms with Crippen molar-refractivity contribution in [1.29, 1.82) is 0 Å². The second kappa shape index (κ2) is 9.70. The van der Waals surface area contributed by atoms with E-state index in [2.05, 4.69) is 10.5 Å². The van der Waals surface area contributed by atoms with E-state index in [1.54, 1.807) is 35.0 Å². The maximum absolute atomic E-state index is 13.2. The van der Waals surface area contributed by atoms with E-state index in [1.165, 1.54) is 24.4 Å². The highest BCUT2D eigenvalue weighted by Gasteiger charge is 2.32. The first kappa shape index (κ1) is 24.7. The smallest absolute Gasteiger partial charge is 0.416 e. The van der Waals surface area contributed by atoms with Crippen LogP contribution in [0.2, 0.25) is 5.02 Å². The lowest BCUT2D eigenvalue weighted by atomic mass is 10.1. The number of benzene rings is 3. The summed E-state index contributed by atoms with van der Waals surface area (Å²) in [5, 5.41) is 25.5. The number of nitro benzene ring substituents is 1. The van der Waals surface area contributed by atoms with E-state index in [0.717, 1.165) is 12.1 Å². The summed E-state index contributed by atoms with van der Waals surface area (Å²) in [6.07, 6.45) is -1.65. The molecule has 0 fully saturated rings. The van der Waals surface area contributed by atoms with Gasteiger partial charge in [0.1, 0.15) is 5.75 Å². The second-order valence-electron chi connectivity index (χ2n) is 7.69. The zero-order valence-electron chi connectivity index (χ0n) is 18.2. The van der Waals surface area contributed by atoms with Gasteiger partial charge in [0.2, 0.25) is 0 Å². The lowest BCUT2D eigenvalue weighted by Crippen LogP contribution is -2.17.